The lowest BCUT2D eigenvalue weighted by Crippen LogP contribution is -2.25. The average molecular weight is 644 g/mol. The molecule has 0 amide bonds. The van der Waals surface area contributed by atoms with Gasteiger partial charge in [0.1, 0.15) is 35.8 Å². The minimum absolute atomic E-state index is 0.0529. The molecule has 1 N–H and O–H groups in total. The molecule has 2 saturated carbocycles. The van der Waals surface area contributed by atoms with Crippen LogP contribution < -0.4 is 5.32 Å². The molecule has 5 heterocycles. The number of nitrogens with zero attached hydrogens (tertiary/aromatic N) is 7. The van der Waals surface area contributed by atoms with Gasteiger partial charge >= 0.3 is 0 Å². The van der Waals surface area contributed by atoms with Crippen molar-refractivity contribution in [2.75, 3.05) is 37.8 Å². The van der Waals surface area contributed by atoms with Gasteiger partial charge in [-0.1, -0.05) is 13.5 Å². The first-order chi connectivity index (χ1) is 22.4. The molecular formula is C35H48N8O2P+. The first-order valence-corrected chi connectivity index (χ1v) is 19.2. The van der Waals surface area contributed by atoms with Gasteiger partial charge in [-0.15, -0.1) is 0 Å². The highest BCUT2D eigenvalue weighted by Gasteiger charge is 2.40. The second kappa shape index (κ2) is 13.2. The third-order valence-electron chi connectivity index (χ3n) is 10.3. The standard InChI is InChI=1S/C35H48N8O2P/c1-6-13-41-21-40-35-32(23(41)2)39-22-43(35)29-16-25(11-14-46(4)5)17-30(29)45-24(3)44-19-26-9-10-28(15-26)42-18-27-8-7-12-36-33-31(27)34(42)38-20-37-33/h18,20-22,25-26,28-30H,2-4,6-17,19H2,1,5H3,(H,36,37,38)/q+1/t25?,26?,28?,29?,30-/m1/s1. The molecule has 0 aromatic carbocycles. The molecule has 2 aliphatic carbocycles. The van der Waals surface area contributed by atoms with Crippen LogP contribution in [0.15, 0.2) is 42.9 Å². The van der Waals surface area contributed by atoms with Crippen LogP contribution in [0.2, 0.25) is 0 Å². The zero-order chi connectivity index (χ0) is 31.8. The molecule has 3 aromatic heterocycles. The number of anilines is 1. The Morgan fingerprint density at radius 1 is 1.13 bits per heavy atom. The SMILES string of the molecule is C=C(OCC1CCC(n2cc3c4c(ncnc42)NCCC3)C1)O[C@@H]1CC(CC[P+](=C)C)CC1n1cnc2c1N=CN(CCC)C2=C. The summed E-state index contributed by atoms with van der Waals surface area (Å²) in [6.45, 7) is 15.4. The van der Waals surface area contributed by atoms with Crippen LogP contribution in [0.5, 0.6) is 0 Å². The van der Waals surface area contributed by atoms with Gasteiger partial charge in [0.2, 0.25) is 0 Å². The van der Waals surface area contributed by atoms with Crippen LogP contribution in [0.25, 0.3) is 16.7 Å². The lowest BCUT2D eigenvalue weighted by atomic mass is 10.1. The third-order valence-corrected chi connectivity index (χ3v) is 11.3. The first-order valence-electron chi connectivity index (χ1n) is 17.0. The van der Waals surface area contributed by atoms with Gasteiger partial charge < -0.3 is 28.8 Å². The van der Waals surface area contributed by atoms with Gasteiger partial charge in [-0.2, -0.15) is 0 Å². The van der Waals surface area contributed by atoms with Crippen molar-refractivity contribution in [3.63, 3.8) is 0 Å². The van der Waals surface area contributed by atoms with Gasteiger partial charge in [0.25, 0.3) is 5.95 Å². The molecule has 11 heteroatoms. The second-order valence-electron chi connectivity index (χ2n) is 13.7. The predicted octanol–water partition coefficient (Wildman–Crippen LogP) is 7.14. The van der Waals surface area contributed by atoms with E-state index in [1.807, 2.05) is 12.7 Å². The van der Waals surface area contributed by atoms with E-state index in [0.29, 0.717) is 30.4 Å². The van der Waals surface area contributed by atoms with Gasteiger partial charge in [0, 0.05) is 25.3 Å². The van der Waals surface area contributed by atoms with E-state index in [-0.39, 0.29) is 19.7 Å². The molecule has 3 aromatic rings. The number of imidazole rings is 1. The Kier molecular flexibility index (Phi) is 8.90. The van der Waals surface area contributed by atoms with Crippen LogP contribution >= 0.6 is 7.55 Å². The smallest absolute Gasteiger partial charge is 0.271 e. The fourth-order valence-electron chi connectivity index (χ4n) is 7.94. The summed E-state index contributed by atoms with van der Waals surface area (Å²) in [5.74, 6) is 3.26. The molecule has 0 spiro atoms. The van der Waals surface area contributed by atoms with E-state index >= 15 is 0 Å². The lowest BCUT2D eigenvalue weighted by Gasteiger charge is -2.27. The summed E-state index contributed by atoms with van der Waals surface area (Å²) in [5.41, 5.74) is 4.18. The van der Waals surface area contributed by atoms with E-state index in [1.165, 1.54) is 17.1 Å². The van der Waals surface area contributed by atoms with Gasteiger partial charge in [-0.3, -0.25) is 0 Å². The molecule has 244 valence electrons. The highest BCUT2D eigenvalue weighted by molar-refractivity contribution is 7.54. The summed E-state index contributed by atoms with van der Waals surface area (Å²) in [6.07, 6.45) is 22.9. The summed E-state index contributed by atoms with van der Waals surface area (Å²) in [6, 6.07) is 0.520. The number of aryl methyl sites for hydroxylation is 1. The van der Waals surface area contributed by atoms with Crippen molar-refractivity contribution in [3.05, 3.63) is 49.2 Å². The zero-order valence-electron chi connectivity index (χ0n) is 27.4. The van der Waals surface area contributed by atoms with E-state index in [9.17, 15) is 0 Å². The number of nitrogens with one attached hydrogen (secondary N) is 1. The number of aromatic nitrogens is 5. The zero-order valence-corrected chi connectivity index (χ0v) is 28.3. The van der Waals surface area contributed by atoms with Crippen molar-refractivity contribution >= 4 is 48.5 Å². The van der Waals surface area contributed by atoms with Crippen molar-refractivity contribution in [3.8, 4) is 0 Å². The van der Waals surface area contributed by atoms with Crippen LogP contribution in [0, 0.1) is 11.8 Å². The maximum atomic E-state index is 6.55. The van der Waals surface area contributed by atoms with Crippen LogP contribution in [0.3, 0.4) is 0 Å². The van der Waals surface area contributed by atoms with Crippen LogP contribution in [-0.4, -0.2) is 80.3 Å². The van der Waals surface area contributed by atoms with Crippen molar-refractivity contribution in [2.24, 2.45) is 16.8 Å². The largest absolute Gasteiger partial charge is 0.466 e. The Morgan fingerprint density at radius 2 is 2.02 bits per heavy atom. The lowest BCUT2D eigenvalue weighted by molar-refractivity contribution is -0.0274. The fraction of sp³-hybridized carbons (Fsp3) is 0.571. The van der Waals surface area contributed by atoms with Gasteiger partial charge in [-0.05, 0) is 81.8 Å². The molecule has 0 radical (unpaired) electrons. The molecule has 6 atom stereocenters. The van der Waals surface area contributed by atoms with Crippen molar-refractivity contribution < 1.29 is 9.47 Å². The van der Waals surface area contributed by atoms with Crippen molar-refractivity contribution in [1.29, 1.82) is 0 Å². The Bertz CT molecular complexity index is 1660. The van der Waals surface area contributed by atoms with Crippen LogP contribution in [0.1, 0.15) is 81.6 Å². The van der Waals surface area contributed by atoms with Gasteiger partial charge in [0.15, 0.2) is 5.82 Å². The average Bonchev–Trinajstić information content (AvgIpc) is 3.82. The monoisotopic (exact) mass is 643 g/mol. The Balaban J connectivity index is 1.000. The molecule has 2 fully saturated rings. The Hall–Kier alpha value is -3.65. The minimum Gasteiger partial charge on any atom is -0.466 e. The van der Waals surface area contributed by atoms with Gasteiger partial charge in [-0.25, -0.2) is 19.9 Å². The highest BCUT2D eigenvalue weighted by atomic mass is 31.1. The maximum absolute atomic E-state index is 6.55. The van der Waals surface area contributed by atoms with Crippen molar-refractivity contribution in [2.45, 2.75) is 82.9 Å². The molecular weight excluding hydrogens is 595 g/mol. The number of fused-ring (bicyclic) bond motifs is 1. The van der Waals surface area contributed by atoms with E-state index in [1.54, 1.807) is 6.33 Å². The molecule has 5 unspecified atom stereocenters. The van der Waals surface area contributed by atoms with Crippen LogP contribution in [0.4, 0.5) is 11.6 Å². The maximum Gasteiger partial charge on any atom is 0.271 e. The molecule has 0 saturated heterocycles. The molecule has 2 aliphatic heterocycles. The third kappa shape index (κ3) is 6.08. The fourth-order valence-corrected chi connectivity index (χ4v) is 8.75. The first kappa shape index (κ1) is 31.0. The minimum atomic E-state index is -0.176. The molecule has 46 heavy (non-hydrogen) atoms. The summed E-state index contributed by atoms with van der Waals surface area (Å²) in [7, 11) is -0.176. The number of ether oxygens (including phenoxy) is 2. The molecule has 10 nitrogen and oxygen atoms in total. The van der Waals surface area contributed by atoms with E-state index in [4.69, 9.17) is 24.4 Å². The van der Waals surface area contributed by atoms with E-state index in [0.717, 1.165) is 99.6 Å². The number of rotatable bonds is 12. The molecule has 7 rings (SSSR count). The molecule has 4 aliphatic rings. The number of aliphatic imine (C=N–C) groups is 1. The summed E-state index contributed by atoms with van der Waals surface area (Å²) in [5, 5.41) is 4.68. The quantitative estimate of drug-likeness (QED) is 0.166. The van der Waals surface area contributed by atoms with E-state index < -0.39 is 0 Å². The summed E-state index contributed by atoms with van der Waals surface area (Å²) < 4.78 is 17.4. The van der Waals surface area contributed by atoms with Crippen LogP contribution in [-0.2, 0) is 15.9 Å². The number of hydrogen-bond acceptors (Lipinski definition) is 8. The normalized spacial score (nSPS) is 25.8. The summed E-state index contributed by atoms with van der Waals surface area (Å²) >= 11 is 0. The van der Waals surface area contributed by atoms with Gasteiger partial charge in [0.05, 0.1) is 56.9 Å². The highest BCUT2D eigenvalue weighted by Crippen LogP contribution is 2.45. The van der Waals surface area contributed by atoms with E-state index in [2.05, 4.69) is 63.6 Å². The Labute approximate surface area is 273 Å². The number of hydrogen-bond donors (Lipinski definition) is 1. The Morgan fingerprint density at radius 3 is 2.87 bits per heavy atom. The second-order valence-corrected chi connectivity index (χ2v) is 15.8. The van der Waals surface area contributed by atoms with Crippen molar-refractivity contribution in [1.82, 2.24) is 29.0 Å². The topological polar surface area (TPSA) is 94.6 Å². The predicted molar refractivity (Wildman–Crippen MR) is 188 cm³/mol. The molecule has 0 bridgehead atoms. The summed E-state index contributed by atoms with van der Waals surface area (Å²) in [4.78, 5) is 20.9.